The number of benzene rings is 2. The van der Waals surface area contributed by atoms with Gasteiger partial charge in [0.15, 0.2) is 5.71 Å². The standard InChI is InChI=1S/C28H32N2.C9H21P.C5H10.CO.BF4.Ru/c1-22-27(29-25-18-10-4-11-19-25)30(26-20-12-5-13-21-26)28(22,23-14-6-2-7-15-23)24-16-8-3-9-17-24;1-7(2)10(8(3)4)9(5)6;1-2-4-5-3-1;1-2;2-1(3,4)5;/h1-3,6-9,14-17,26H,4-5,10-13,18-21H2;7-9H,1-6H3;1-5H2;;;/q;;;;-1;+2. The number of rotatable bonds is 6. The molecule has 0 radical (unpaired) electrons. The van der Waals surface area contributed by atoms with Gasteiger partial charge in [0.05, 0.1) is 6.04 Å². The third-order valence-corrected chi connectivity index (χ3v) is 13.9. The van der Waals surface area contributed by atoms with Gasteiger partial charge in [-0.3, -0.25) is 6.58 Å². The molecule has 0 spiro atoms. The van der Waals surface area contributed by atoms with Crippen LogP contribution in [0.15, 0.2) is 66.2 Å². The van der Waals surface area contributed by atoms with Crippen LogP contribution in [0.2, 0.25) is 0 Å². The van der Waals surface area contributed by atoms with E-state index in [0.717, 1.165) is 41.2 Å². The van der Waals surface area contributed by atoms with Crippen molar-refractivity contribution in [1.29, 1.82) is 0 Å². The Morgan fingerprint density at radius 3 is 1.36 bits per heavy atom. The van der Waals surface area contributed by atoms with Crippen LogP contribution in [0, 0.1) is 13.2 Å². The van der Waals surface area contributed by atoms with Crippen LogP contribution in [-0.2, 0) is 29.7 Å². The van der Waals surface area contributed by atoms with E-state index in [1.807, 2.05) is 0 Å². The first-order valence-corrected chi connectivity index (χ1v) is 21.2. The summed E-state index contributed by atoms with van der Waals surface area (Å²) in [5, 5.41) is 0. The minimum Gasteiger partial charge on any atom is -0.309 e. The van der Waals surface area contributed by atoms with E-state index >= 15 is 0 Å². The Bertz CT molecular complexity index is 1320. The van der Waals surface area contributed by atoms with Crippen LogP contribution in [0.1, 0.15) is 149 Å². The first-order chi connectivity index (χ1) is 24.8. The van der Waals surface area contributed by atoms with E-state index in [4.69, 9.17) is 15.9 Å². The molecule has 1 aliphatic heterocycles. The zero-order valence-electron chi connectivity index (χ0n) is 33.0. The van der Waals surface area contributed by atoms with Gasteiger partial charge in [-0.15, -0.1) is 0 Å². The van der Waals surface area contributed by atoms with Crippen molar-refractivity contribution < 1.29 is 41.4 Å². The second kappa shape index (κ2) is 25.2. The van der Waals surface area contributed by atoms with Gasteiger partial charge in [0.25, 0.3) is 0 Å². The zero-order valence-corrected chi connectivity index (χ0v) is 35.6. The van der Waals surface area contributed by atoms with Crippen molar-refractivity contribution in [2.45, 2.75) is 166 Å². The summed E-state index contributed by atoms with van der Waals surface area (Å²) in [5.41, 5.74) is 7.07. The monoisotopic (exact) mass is 843 g/mol. The van der Waals surface area contributed by atoms with Crippen molar-refractivity contribution in [3.8, 4) is 0 Å². The second-order valence-corrected chi connectivity index (χ2v) is 19.1. The van der Waals surface area contributed by atoms with E-state index in [-0.39, 0.29) is 27.4 Å². The Kier molecular flexibility index (Phi) is 23.3. The second-order valence-electron chi connectivity index (χ2n) is 15.1. The van der Waals surface area contributed by atoms with Gasteiger partial charge >= 0.3 is 38.0 Å². The Balaban J connectivity index is 0.000000502. The maximum Gasteiger partial charge on any atom is 2.00 e. The fraction of sp³-hybridized carbons (Fsp3) is 0.605. The Morgan fingerprint density at radius 1 is 0.679 bits per heavy atom. The van der Waals surface area contributed by atoms with Crippen molar-refractivity contribution in [1.82, 2.24) is 9.57 Å². The molecule has 6 rings (SSSR count). The van der Waals surface area contributed by atoms with E-state index in [2.05, 4.69) is 114 Å². The molecule has 294 valence electrons. The van der Waals surface area contributed by atoms with E-state index in [1.54, 1.807) is 0 Å². The fourth-order valence-electron chi connectivity index (χ4n) is 8.44. The summed E-state index contributed by atoms with van der Waals surface area (Å²) in [6.07, 6.45) is 20.0. The minimum absolute atomic E-state index is 0. The summed E-state index contributed by atoms with van der Waals surface area (Å²) in [7, 11) is -5.74. The first kappa shape index (κ1) is 49.0. The molecule has 1 saturated heterocycles. The van der Waals surface area contributed by atoms with Crippen molar-refractivity contribution in [2.24, 2.45) is 0 Å². The van der Waals surface area contributed by atoms with Gasteiger partial charge in [-0.05, 0) is 55.5 Å². The Hall–Kier alpha value is -1.99. The molecule has 0 atom stereocenters. The third kappa shape index (κ3) is 15.2. The van der Waals surface area contributed by atoms with E-state index < -0.39 is 12.8 Å². The van der Waals surface area contributed by atoms with Gasteiger partial charge in [0.2, 0.25) is 5.84 Å². The van der Waals surface area contributed by atoms with Crippen molar-refractivity contribution in [3.05, 3.63) is 90.6 Å². The summed E-state index contributed by atoms with van der Waals surface area (Å²) in [5.74, 6) is 1.05. The molecular weight excluding hydrogens is 779 g/mol. The molecule has 2 aromatic rings. The SMILES string of the molecule is C1CCCC1.CC(C)P(C(C)C)C(C)C.F[B-](F)(F)F.[C-]#[O+].[CH-]=C1C(=[N+]=C2CCCCC2)N(C2CCCCC2)C1(c1ccccc1)c1ccccc1.[Ru+2]. The van der Waals surface area contributed by atoms with Crippen LogP contribution < -0.4 is 4.67 Å². The molecule has 0 N–H and O–H groups in total. The zero-order chi connectivity index (χ0) is 38.7. The van der Waals surface area contributed by atoms with Gasteiger partial charge in [-0.25, -0.2) is 0 Å². The average molecular weight is 843 g/mol. The van der Waals surface area contributed by atoms with Gasteiger partial charge in [-0.2, -0.15) is 0 Å². The predicted molar refractivity (Wildman–Crippen MR) is 215 cm³/mol. The summed E-state index contributed by atoms with van der Waals surface area (Å²) in [6.45, 7) is 25.6. The molecule has 0 unspecified atom stereocenters. The van der Waals surface area contributed by atoms with Crippen molar-refractivity contribution >= 4 is 26.7 Å². The maximum atomic E-state index is 9.75. The molecular formula is C43H63BF4N2OPRu+. The number of hydrogen-bond acceptors (Lipinski definition) is 0. The first-order valence-electron chi connectivity index (χ1n) is 19.6. The molecule has 53 heavy (non-hydrogen) atoms. The van der Waals surface area contributed by atoms with E-state index in [1.165, 1.54) is 100 Å². The quantitative estimate of drug-likeness (QED) is 0.0713. The van der Waals surface area contributed by atoms with E-state index in [9.17, 15) is 17.3 Å². The summed E-state index contributed by atoms with van der Waals surface area (Å²) in [4.78, 5) is 2.60. The fourth-order valence-corrected chi connectivity index (χ4v) is 12.0. The van der Waals surface area contributed by atoms with Gasteiger partial charge < -0.3 is 26.8 Å². The normalized spacial score (nSPS) is 18.2. The third-order valence-electron chi connectivity index (χ3n) is 10.3. The van der Waals surface area contributed by atoms with Gasteiger partial charge in [0.1, 0.15) is 5.54 Å². The molecule has 10 heteroatoms. The molecule has 3 nitrogen and oxygen atoms in total. The number of likely N-dealkylation sites (tertiary alicyclic amines) is 1. The van der Waals surface area contributed by atoms with Gasteiger partial charge in [0, 0.05) is 24.0 Å². The summed E-state index contributed by atoms with van der Waals surface area (Å²) < 4.78 is 51.7. The number of nitrogens with zero attached hydrogens (tertiary/aromatic N) is 2. The minimum atomic E-state index is -6.00. The number of hydrogen-bond donors (Lipinski definition) is 0. The van der Waals surface area contributed by atoms with Crippen molar-refractivity contribution in [2.75, 3.05) is 0 Å². The van der Waals surface area contributed by atoms with Crippen LogP contribution in [0.3, 0.4) is 0 Å². The molecule has 2 aromatic carbocycles. The summed E-state index contributed by atoms with van der Waals surface area (Å²) >= 11 is 0. The molecule has 3 saturated carbocycles. The molecule has 4 fully saturated rings. The average Bonchev–Trinajstić information content (AvgIpc) is 3.72. The van der Waals surface area contributed by atoms with Crippen LogP contribution in [0.25, 0.3) is 0 Å². The molecule has 3 aliphatic carbocycles. The predicted octanol–water partition coefficient (Wildman–Crippen LogP) is 12.7. The maximum absolute atomic E-state index is 9.75. The summed E-state index contributed by atoms with van der Waals surface area (Å²) in [6, 6.07) is 22.2. The van der Waals surface area contributed by atoms with Crippen LogP contribution in [0.5, 0.6) is 0 Å². The molecule has 0 bridgehead atoms. The van der Waals surface area contributed by atoms with Gasteiger partial charge in [-0.1, -0.05) is 161 Å². The Labute approximate surface area is 333 Å². The molecule has 1 heterocycles. The molecule has 0 amide bonds. The van der Waals surface area contributed by atoms with Crippen LogP contribution in [-0.4, -0.2) is 46.7 Å². The topological polar surface area (TPSA) is 37.2 Å². The largest absolute Gasteiger partial charge is 2.00 e. The molecule has 4 aliphatic rings. The number of amidine groups is 1. The number of halogens is 4. The molecule has 0 aromatic heterocycles. The Morgan fingerprint density at radius 2 is 1.02 bits per heavy atom. The van der Waals surface area contributed by atoms with Crippen LogP contribution >= 0.6 is 7.92 Å². The van der Waals surface area contributed by atoms with Crippen LogP contribution in [0.4, 0.5) is 17.3 Å². The van der Waals surface area contributed by atoms with E-state index in [0.29, 0.717) is 6.04 Å². The smallest absolute Gasteiger partial charge is 0.309 e. The van der Waals surface area contributed by atoms with Crippen molar-refractivity contribution in [3.63, 3.8) is 0 Å².